The van der Waals surface area contributed by atoms with Crippen molar-refractivity contribution in [2.45, 2.75) is 25.9 Å². The zero-order valence-corrected chi connectivity index (χ0v) is 21.7. The summed E-state index contributed by atoms with van der Waals surface area (Å²) in [5, 5.41) is 4.03. The van der Waals surface area contributed by atoms with Gasteiger partial charge in [-0.3, -0.25) is 9.71 Å². The summed E-state index contributed by atoms with van der Waals surface area (Å²) >= 11 is 5.84. The quantitative estimate of drug-likeness (QED) is 0.365. The molecule has 1 aliphatic rings. The van der Waals surface area contributed by atoms with Crippen molar-refractivity contribution in [3.05, 3.63) is 102 Å². The fraction of sp³-hybridized carbons (Fsp3) is 0.192. The Morgan fingerprint density at radius 2 is 1.86 bits per heavy atom. The summed E-state index contributed by atoms with van der Waals surface area (Å²) in [7, 11) is -3.39. The first-order valence-electron chi connectivity index (χ1n) is 11.4. The number of nitrogens with one attached hydrogen (secondary N) is 2. The Hall–Kier alpha value is -3.76. The summed E-state index contributed by atoms with van der Waals surface area (Å²) < 4.78 is 28.2. The molecule has 2 N–H and O–H groups in total. The Morgan fingerprint density at radius 3 is 2.53 bits per heavy atom. The van der Waals surface area contributed by atoms with E-state index in [0.29, 0.717) is 10.8 Å². The fourth-order valence-electron chi connectivity index (χ4n) is 4.49. The Kier molecular flexibility index (Phi) is 6.23. The van der Waals surface area contributed by atoms with Crippen molar-refractivity contribution in [2.75, 3.05) is 15.9 Å². The molecule has 0 spiro atoms. The maximum absolute atomic E-state index is 11.8. The Morgan fingerprint density at radius 1 is 1.03 bits per heavy atom. The normalized spacial score (nSPS) is 17.8. The lowest BCUT2D eigenvalue weighted by Crippen LogP contribution is -2.30. The minimum absolute atomic E-state index is 0.216. The second kappa shape index (κ2) is 9.36. The maximum Gasteiger partial charge on any atom is 0.229 e. The molecule has 0 aliphatic carbocycles. The van der Waals surface area contributed by atoms with Crippen LogP contribution < -0.4 is 14.9 Å². The van der Waals surface area contributed by atoms with Crippen LogP contribution in [0.1, 0.15) is 34.6 Å². The Labute approximate surface area is 216 Å². The molecule has 0 radical (unpaired) electrons. The smallest absolute Gasteiger partial charge is 0.229 e. The molecule has 2 atom stereocenters. The summed E-state index contributed by atoms with van der Waals surface area (Å²) in [6.45, 7) is 3.88. The first-order valence-corrected chi connectivity index (χ1v) is 13.7. The summed E-state index contributed by atoms with van der Waals surface area (Å²) in [5.74, 6) is 0.807. The van der Waals surface area contributed by atoms with Gasteiger partial charge in [-0.25, -0.2) is 13.4 Å². The highest BCUT2D eigenvalue weighted by atomic mass is 32.2. The van der Waals surface area contributed by atoms with Gasteiger partial charge in [-0.1, -0.05) is 12.1 Å². The zero-order valence-electron chi connectivity index (χ0n) is 20.1. The monoisotopic (exact) mass is 518 g/mol. The Bertz CT molecular complexity index is 1520. The van der Waals surface area contributed by atoms with Crippen molar-refractivity contribution in [3.63, 3.8) is 0 Å². The van der Waals surface area contributed by atoms with E-state index in [2.05, 4.69) is 35.5 Å². The van der Waals surface area contributed by atoms with Gasteiger partial charge in [-0.15, -0.1) is 0 Å². The van der Waals surface area contributed by atoms with E-state index in [1.165, 1.54) is 0 Å². The molecule has 10 heteroatoms. The number of aromatic nitrogens is 3. The third-order valence-electron chi connectivity index (χ3n) is 6.11. The van der Waals surface area contributed by atoms with Crippen molar-refractivity contribution >= 4 is 38.7 Å². The van der Waals surface area contributed by atoms with Crippen LogP contribution in [0.15, 0.2) is 79.3 Å². The van der Waals surface area contributed by atoms with E-state index in [1.54, 1.807) is 12.3 Å². The van der Waals surface area contributed by atoms with Gasteiger partial charge in [-0.05, 0) is 85.7 Å². The SMILES string of the molecule is Cc1ccc(-n2cccc2[C@@H]2[C@@H](c3ccccn3)NC(=S)N2c2ccc(NS(C)(=O)=O)c(C)c2)nc1. The number of anilines is 2. The van der Waals surface area contributed by atoms with E-state index in [0.717, 1.165) is 40.3 Å². The van der Waals surface area contributed by atoms with Crippen LogP contribution in [0.2, 0.25) is 0 Å². The maximum atomic E-state index is 11.8. The van der Waals surface area contributed by atoms with E-state index in [-0.39, 0.29) is 12.1 Å². The van der Waals surface area contributed by atoms with Crippen LogP contribution in [-0.2, 0) is 10.0 Å². The molecule has 0 unspecified atom stereocenters. The number of hydrogen-bond acceptors (Lipinski definition) is 5. The second-order valence-electron chi connectivity index (χ2n) is 8.87. The van der Waals surface area contributed by atoms with Gasteiger partial charge in [-0.2, -0.15) is 0 Å². The third kappa shape index (κ3) is 4.69. The molecule has 1 saturated heterocycles. The molecule has 0 saturated carbocycles. The summed E-state index contributed by atoms with van der Waals surface area (Å²) in [4.78, 5) is 11.3. The molecule has 36 heavy (non-hydrogen) atoms. The van der Waals surface area contributed by atoms with Crippen molar-refractivity contribution in [1.82, 2.24) is 19.9 Å². The molecular weight excluding hydrogens is 492 g/mol. The van der Waals surface area contributed by atoms with E-state index in [4.69, 9.17) is 12.2 Å². The molecule has 4 aromatic rings. The molecular formula is C26H26N6O2S2. The number of aryl methyl sites for hydroxylation is 2. The zero-order chi connectivity index (χ0) is 25.4. The summed E-state index contributed by atoms with van der Waals surface area (Å²) in [5.41, 5.74) is 5.11. The highest BCUT2D eigenvalue weighted by molar-refractivity contribution is 7.92. The third-order valence-corrected chi connectivity index (χ3v) is 7.01. The van der Waals surface area contributed by atoms with Gasteiger partial charge in [0.15, 0.2) is 5.11 Å². The minimum atomic E-state index is -3.39. The van der Waals surface area contributed by atoms with E-state index < -0.39 is 10.0 Å². The number of benzene rings is 1. The molecule has 1 aliphatic heterocycles. The molecule has 5 rings (SSSR count). The molecule has 1 aromatic carbocycles. The number of thiocarbonyl (C=S) groups is 1. The number of sulfonamides is 1. The largest absolute Gasteiger partial charge is 0.351 e. The van der Waals surface area contributed by atoms with Gasteiger partial charge in [0.25, 0.3) is 0 Å². The number of nitrogens with zero attached hydrogens (tertiary/aromatic N) is 4. The van der Waals surface area contributed by atoms with Crippen LogP contribution in [0.25, 0.3) is 5.82 Å². The van der Waals surface area contributed by atoms with Gasteiger partial charge < -0.3 is 14.8 Å². The van der Waals surface area contributed by atoms with Crippen LogP contribution in [-0.4, -0.2) is 34.3 Å². The summed E-state index contributed by atoms with van der Waals surface area (Å²) in [6, 6.07) is 19.1. The predicted octanol–water partition coefficient (Wildman–Crippen LogP) is 4.43. The second-order valence-corrected chi connectivity index (χ2v) is 11.0. The van der Waals surface area contributed by atoms with Gasteiger partial charge in [0.05, 0.1) is 23.7 Å². The molecule has 3 aromatic heterocycles. The van der Waals surface area contributed by atoms with E-state index in [9.17, 15) is 8.42 Å². The molecule has 1 fully saturated rings. The van der Waals surface area contributed by atoms with Crippen LogP contribution in [0.3, 0.4) is 0 Å². The Balaban J connectivity index is 1.63. The topological polar surface area (TPSA) is 92.2 Å². The average molecular weight is 519 g/mol. The molecule has 184 valence electrons. The highest BCUT2D eigenvalue weighted by Crippen LogP contribution is 2.42. The van der Waals surface area contributed by atoms with E-state index in [1.807, 2.05) is 74.8 Å². The van der Waals surface area contributed by atoms with Crippen LogP contribution in [0.5, 0.6) is 0 Å². The first kappa shape index (κ1) is 24.0. The summed E-state index contributed by atoms with van der Waals surface area (Å²) in [6.07, 6.45) is 6.75. The van der Waals surface area contributed by atoms with Crippen LogP contribution in [0.4, 0.5) is 11.4 Å². The molecule has 0 amide bonds. The minimum Gasteiger partial charge on any atom is -0.351 e. The fourth-order valence-corrected chi connectivity index (χ4v) is 5.47. The van der Waals surface area contributed by atoms with Crippen LogP contribution >= 0.6 is 12.2 Å². The highest BCUT2D eigenvalue weighted by Gasteiger charge is 2.42. The van der Waals surface area contributed by atoms with Gasteiger partial charge in [0, 0.05) is 30.0 Å². The average Bonchev–Trinajstić information content (AvgIpc) is 3.45. The van der Waals surface area contributed by atoms with Crippen LogP contribution in [0, 0.1) is 13.8 Å². The number of pyridine rings is 2. The van der Waals surface area contributed by atoms with Gasteiger partial charge in [0.2, 0.25) is 10.0 Å². The molecule has 4 heterocycles. The molecule has 8 nitrogen and oxygen atoms in total. The van der Waals surface area contributed by atoms with Crippen molar-refractivity contribution < 1.29 is 8.42 Å². The van der Waals surface area contributed by atoms with Gasteiger partial charge in [0.1, 0.15) is 11.9 Å². The van der Waals surface area contributed by atoms with Crippen molar-refractivity contribution in [3.8, 4) is 5.82 Å². The lowest BCUT2D eigenvalue weighted by atomic mass is 10.0. The first-order chi connectivity index (χ1) is 17.2. The predicted molar refractivity (Wildman–Crippen MR) is 146 cm³/mol. The van der Waals surface area contributed by atoms with Gasteiger partial charge >= 0.3 is 0 Å². The lowest BCUT2D eigenvalue weighted by molar-refractivity contribution is 0.548. The van der Waals surface area contributed by atoms with Crippen molar-refractivity contribution in [2.24, 2.45) is 0 Å². The molecule has 0 bridgehead atoms. The number of hydrogen-bond donors (Lipinski definition) is 2. The van der Waals surface area contributed by atoms with E-state index >= 15 is 0 Å². The standard InChI is InChI=1S/C26H26N6O2S2/c1-17-9-12-23(28-16-17)31-14-6-8-22(31)25-24(21-7-4-5-13-27-21)29-26(35)32(25)19-10-11-20(18(2)15-19)30-36(3,33)34/h4-16,24-25,30H,1-3H3,(H,29,35)/t24-,25-/m1/s1. The lowest BCUT2D eigenvalue weighted by Gasteiger charge is -2.29. The van der Waals surface area contributed by atoms with Crippen molar-refractivity contribution in [1.29, 1.82) is 0 Å². The number of rotatable bonds is 6.